The van der Waals surface area contributed by atoms with Crippen molar-refractivity contribution in [1.82, 2.24) is 14.5 Å². The normalized spacial score (nSPS) is 12.3. The van der Waals surface area contributed by atoms with Crippen LogP contribution in [0.4, 0.5) is 17.1 Å². The second-order valence-electron chi connectivity index (χ2n) is 21.9. The summed E-state index contributed by atoms with van der Waals surface area (Å²) in [6.45, 7) is 0. The zero-order valence-electron chi connectivity index (χ0n) is 44.3. The minimum Gasteiger partial charge on any atom is -0.456 e. The number of benzene rings is 14. The first-order valence-electron chi connectivity index (χ1n) is 28.1. The fraction of sp³-hybridized carbons (Fsp3) is 0. The molecule has 5 heterocycles. The number of rotatable bonds is 6. The smallest absolute Gasteiger partial charge is 0.152 e. The van der Waals surface area contributed by atoms with Gasteiger partial charge in [-0.3, -0.25) is 9.97 Å². The fourth-order valence-electron chi connectivity index (χ4n) is 14.2. The third-order valence-electron chi connectivity index (χ3n) is 17.6. The predicted octanol–water partition coefficient (Wildman–Crippen LogP) is 21.3. The number of hydrogen-bond acceptors (Lipinski definition) is 6. The van der Waals surface area contributed by atoms with Gasteiger partial charge in [-0.1, -0.05) is 140 Å². The van der Waals surface area contributed by atoms with Crippen molar-refractivity contribution < 1.29 is 13.3 Å². The van der Waals surface area contributed by atoms with E-state index in [1.54, 1.807) is 0 Å². The van der Waals surface area contributed by atoms with Crippen molar-refractivity contribution in [2.45, 2.75) is 0 Å². The van der Waals surface area contributed by atoms with Gasteiger partial charge >= 0.3 is 0 Å². The quantitative estimate of drug-likeness (QED) is 0.122. The number of nitrogens with zero attached hydrogens (tertiary/aromatic N) is 4. The van der Waals surface area contributed by atoms with Crippen LogP contribution in [0.1, 0.15) is 0 Å². The first-order chi connectivity index (χ1) is 41.2. The van der Waals surface area contributed by atoms with Crippen molar-refractivity contribution in [1.29, 1.82) is 0 Å². The molecule has 83 heavy (non-hydrogen) atoms. The summed E-state index contributed by atoms with van der Waals surface area (Å²) in [6, 6.07) is 83.0. The largest absolute Gasteiger partial charge is 0.456 e. The number of para-hydroxylation sites is 4. The zero-order valence-corrected chi connectivity index (χ0v) is 44.3. The second kappa shape index (κ2) is 16.6. The highest BCUT2D eigenvalue weighted by atomic mass is 16.3. The van der Waals surface area contributed by atoms with Crippen LogP contribution in [0.5, 0.6) is 0 Å². The Morgan fingerprint density at radius 1 is 0.301 bits per heavy atom. The molecule has 0 saturated heterocycles. The van der Waals surface area contributed by atoms with E-state index in [4.69, 9.17) is 18.2 Å². The zero-order chi connectivity index (χ0) is 54.0. The van der Waals surface area contributed by atoms with Gasteiger partial charge in [-0.25, -0.2) is 0 Å². The van der Waals surface area contributed by atoms with Gasteiger partial charge < -0.3 is 22.7 Å². The maximum absolute atomic E-state index is 7.16. The highest BCUT2D eigenvalue weighted by Gasteiger charge is 2.27. The molecule has 7 nitrogen and oxygen atoms in total. The van der Waals surface area contributed by atoms with Gasteiger partial charge in [0.05, 0.1) is 22.4 Å². The van der Waals surface area contributed by atoms with E-state index in [1.807, 2.05) is 49.1 Å². The topological polar surface area (TPSA) is 73.4 Å². The number of aromatic nitrogens is 3. The molecular weight excluding hydrogens is 1020 g/mol. The molecule has 0 unspecified atom stereocenters. The van der Waals surface area contributed by atoms with E-state index in [-0.39, 0.29) is 0 Å². The van der Waals surface area contributed by atoms with Gasteiger partial charge in [-0.15, -0.1) is 0 Å². The van der Waals surface area contributed by atoms with Gasteiger partial charge in [0, 0.05) is 96.4 Å². The van der Waals surface area contributed by atoms with Gasteiger partial charge in [0.1, 0.15) is 22.3 Å². The van der Waals surface area contributed by atoms with Gasteiger partial charge in [-0.2, -0.15) is 0 Å². The van der Waals surface area contributed by atoms with Crippen LogP contribution >= 0.6 is 0 Å². The van der Waals surface area contributed by atoms with Crippen LogP contribution in [0.2, 0.25) is 0 Å². The molecule has 0 aliphatic carbocycles. The van der Waals surface area contributed by atoms with Gasteiger partial charge in [0.25, 0.3) is 0 Å². The Kier molecular flexibility index (Phi) is 8.93. The monoisotopic (exact) mass is 1060 g/mol. The molecule has 384 valence electrons. The molecule has 0 N–H and O–H groups in total. The summed E-state index contributed by atoms with van der Waals surface area (Å²) < 4.78 is 23.1. The van der Waals surface area contributed by atoms with E-state index < -0.39 is 0 Å². The van der Waals surface area contributed by atoms with Crippen molar-refractivity contribution in [2.24, 2.45) is 0 Å². The lowest BCUT2D eigenvalue weighted by Gasteiger charge is -2.29. The molecule has 0 radical (unpaired) electrons. The molecule has 19 rings (SSSR count). The van der Waals surface area contributed by atoms with Crippen LogP contribution in [-0.2, 0) is 0 Å². The summed E-state index contributed by atoms with van der Waals surface area (Å²) in [7, 11) is 0. The second-order valence-corrected chi connectivity index (χ2v) is 21.9. The molecule has 7 heteroatoms. The third kappa shape index (κ3) is 6.22. The molecule has 0 fully saturated rings. The van der Waals surface area contributed by atoms with E-state index >= 15 is 0 Å². The summed E-state index contributed by atoms with van der Waals surface area (Å²) in [6.07, 6.45) is 7.65. The summed E-state index contributed by atoms with van der Waals surface area (Å²) in [5.74, 6) is 0. The lowest BCUT2D eigenvalue weighted by molar-refractivity contribution is 0.651. The molecule has 0 spiro atoms. The highest BCUT2D eigenvalue weighted by Crippen LogP contribution is 2.52. The first kappa shape index (κ1) is 44.6. The minimum absolute atomic E-state index is 0.741. The molecule has 19 aromatic rings. The van der Waals surface area contributed by atoms with Crippen LogP contribution in [0.3, 0.4) is 0 Å². The van der Waals surface area contributed by atoms with Crippen LogP contribution < -0.4 is 4.90 Å². The lowest BCUT2D eigenvalue weighted by atomic mass is 9.85. The SMILES string of the molecule is c1ccc(N(c2ccc3oc4ccccc4c3c2)c2cc3c(-c4cccnc4)cc(-n4c5ccccc5oc5cc6c(cc54)oc4cc5c7cccc8cccc(c9cccc(c46)c95)c87)c4ccc5c(-c6cccnc6)ccc2c5c34)cc1. The molecular formula is C76H42N4O3. The van der Waals surface area contributed by atoms with Gasteiger partial charge in [-0.05, 0) is 150 Å². The molecule has 0 saturated carbocycles. The van der Waals surface area contributed by atoms with Crippen LogP contribution in [-0.4, -0.2) is 14.5 Å². The van der Waals surface area contributed by atoms with Crippen molar-refractivity contribution in [3.63, 3.8) is 0 Å². The Hall–Kier alpha value is -11.3. The third-order valence-corrected chi connectivity index (χ3v) is 17.6. The molecule has 14 aromatic carbocycles. The van der Waals surface area contributed by atoms with E-state index in [1.165, 1.54) is 37.7 Å². The molecule has 0 aliphatic heterocycles. The van der Waals surface area contributed by atoms with E-state index in [0.29, 0.717) is 0 Å². The van der Waals surface area contributed by atoms with Crippen molar-refractivity contribution in [2.75, 3.05) is 4.90 Å². The Balaban J connectivity index is 0.940. The maximum atomic E-state index is 7.16. The van der Waals surface area contributed by atoms with Crippen LogP contribution in [0.25, 0.3) is 169 Å². The first-order valence-corrected chi connectivity index (χ1v) is 28.1. The molecule has 0 amide bonds. The van der Waals surface area contributed by atoms with E-state index in [2.05, 4.69) is 221 Å². The number of hydrogen-bond donors (Lipinski definition) is 0. The molecule has 0 atom stereocenters. The van der Waals surface area contributed by atoms with E-state index in [9.17, 15) is 0 Å². The predicted molar refractivity (Wildman–Crippen MR) is 342 cm³/mol. The Bertz CT molecular complexity index is 5930. The highest BCUT2D eigenvalue weighted by molar-refractivity contribution is 6.38. The Morgan fingerprint density at radius 2 is 0.952 bits per heavy atom. The summed E-state index contributed by atoms with van der Waals surface area (Å²) in [4.78, 5) is 11.8. The Labute approximate surface area is 472 Å². The molecule has 0 aliphatic rings. The molecule has 0 bridgehead atoms. The van der Waals surface area contributed by atoms with Crippen molar-refractivity contribution in [3.8, 4) is 27.9 Å². The van der Waals surface area contributed by atoms with Crippen LogP contribution in [0.15, 0.2) is 269 Å². The average molecular weight is 1060 g/mol. The maximum Gasteiger partial charge on any atom is 0.152 e. The lowest BCUT2D eigenvalue weighted by Crippen LogP contribution is -2.11. The Morgan fingerprint density at radius 3 is 1.78 bits per heavy atom. The number of anilines is 3. The average Bonchev–Trinajstić information content (AvgIpc) is 2.91. The van der Waals surface area contributed by atoms with Gasteiger partial charge in [0.2, 0.25) is 0 Å². The van der Waals surface area contributed by atoms with Crippen LogP contribution in [0, 0.1) is 0 Å². The van der Waals surface area contributed by atoms with Crippen molar-refractivity contribution in [3.05, 3.63) is 255 Å². The number of pyridine rings is 2. The summed E-state index contributed by atoms with van der Waals surface area (Å²) >= 11 is 0. The number of fused-ring (bicyclic) bond motifs is 11. The number of furan rings is 2. The summed E-state index contributed by atoms with van der Waals surface area (Å²) in [5, 5.41) is 20.7. The minimum atomic E-state index is 0.741. The van der Waals surface area contributed by atoms with E-state index in [0.717, 1.165) is 149 Å². The molecule has 5 aromatic heterocycles. The van der Waals surface area contributed by atoms with Gasteiger partial charge in [0.15, 0.2) is 11.2 Å². The standard InChI is InChI=1S/C76H42N4O3/c1-2-17-46(18-3-1)79(47-27-32-67-58(35-47)49-19-4-6-25-66(49)81-67)63-37-59-57(45-16-12-34-78-42-45)36-64(55-31-29-53-48(44-15-11-33-77-41-44)28-30-54(63)75(53)76(55)59)80-62-24-5-7-26-68(62)82-70-39-61-69(40-65(70)80)83-71-38-60-52-21-9-14-43-13-8-20-50(72(43)52)51-22-10-23-56(73(51)60)74(61)71/h1-42H. The summed E-state index contributed by atoms with van der Waals surface area (Å²) in [5.41, 5.74) is 14.9. The van der Waals surface area contributed by atoms with Crippen molar-refractivity contribution >= 4 is 159 Å². The fourth-order valence-corrected chi connectivity index (χ4v) is 14.2.